The molecule has 0 aliphatic heterocycles. The van der Waals surface area contributed by atoms with E-state index in [1.54, 1.807) is 13.8 Å². The minimum Gasteiger partial charge on any atom is -0.293 e. The van der Waals surface area contributed by atoms with Crippen LogP contribution in [0.5, 0.6) is 0 Å². The largest absolute Gasteiger partial charge is 0.293 e. The number of nitrogens with zero attached hydrogens (tertiary/aromatic N) is 2. The molecule has 1 aromatic rings. The van der Waals surface area contributed by atoms with Crippen LogP contribution in [0.2, 0.25) is 0 Å². The lowest BCUT2D eigenvalue weighted by Crippen LogP contribution is -2.36. The molecule has 0 aliphatic rings. The molecule has 0 spiro atoms. The molecule has 4 N–H and O–H groups in total. The van der Waals surface area contributed by atoms with Gasteiger partial charge in [-0.15, -0.1) is 5.10 Å². The molecular weight excluding hydrogens is 190 g/mol. The summed E-state index contributed by atoms with van der Waals surface area (Å²) in [5.41, 5.74) is 2.07. The number of H-pyrrole nitrogens is 1. The van der Waals surface area contributed by atoms with Gasteiger partial charge < -0.3 is 0 Å². The van der Waals surface area contributed by atoms with Gasteiger partial charge in [-0.05, 0) is 13.8 Å². The van der Waals surface area contributed by atoms with Crippen molar-refractivity contribution in [3.8, 4) is 0 Å². The normalized spacial score (nSPS) is 12.5. The Kier molecular flexibility index (Phi) is 3.26. The Morgan fingerprint density at radius 1 is 1.77 bits per heavy atom. The maximum absolute atomic E-state index is 11.0. The van der Waals surface area contributed by atoms with Crippen molar-refractivity contribution in [2.75, 3.05) is 0 Å². The van der Waals surface area contributed by atoms with Gasteiger partial charge in [0.2, 0.25) is 11.1 Å². The van der Waals surface area contributed by atoms with Crippen LogP contribution in [0.4, 0.5) is 0 Å². The van der Waals surface area contributed by atoms with Gasteiger partial charge in [0.25, 0.3) is 0 Å². The number of hydrogen-bond donors (Lipinski definition) is 3. The molecule has 0 aliphatic carbocycles. The van der Waals surface area contributed by atoms with E-state index < -0.39 is 0 Å². The van der Waals surface area contributed by atoms with Crippen LogP contribution in [0, 0.1) is 6.92 Å². The van der Waals surface area contributed by atoms with Crippen molar-refractivity contribution < 1.29 is 4.79 Å². The molecular formula is C6H11N5OS. The fraction of sp³-hybridized carbons (Fsp3) is 0.500. The van der Waals surface area contributed by atoms with Gasteiger partial charge in [0, 0.05) is 0 Å². The Bertz CT molecular complexity index is 299. The molecule has 72 valence electrons. The number of hydrogen-bond acceptors (Lipinski definition) is 5. The third kappa shape index (κ3) is 2.71. The highest BCUT2D eigenvalue weighted by Gasteiger charge is 2.14. The van der Waals surface area contributed by atoms with Crippen LogP contribution in [0.15, 0.2) is 5.16 Å². The molecule has 0 saturated heterocycles. The van der Waals surface area contributed by atoms with Crippen LogP contribution in [0.3, 0.4) is 0 Å². The number of aryl methyl sites for hydroxylation is 1. The highest BCUT2D eigenvalue weighted by molar-refractivity contribution is 8.00. The highest BCUT2D eigenvalue weighted by Crippen LogP contribution is 2.18. The summed E-state index contributed by atoms with van der Waals surface area (Å²) in [4.78, 5) is 15.0. The quantitative estimate of drug-likeness (QED) is 0.267. The molecule has 7 heteroatoms. The Labute approximate surface area is 79.7 Å². The summed E-state index contributed by atoms with van der Waals surface area (Å²) in [6.45, 7) is 3.53. The molecule has 1 unspecified atom stereocenters. The fourth-order valence-corrected chi connectivity index (χ4v) is 1.48. The van der Waals surface area contributed by atoms with Crippen molar-refractivity contribution in [3.63, 3.8) is 0 Å². The van der Waals surface area contributed by atoms with Crippen molar-refractivity contribution >= 4 is 17.7 Å². The minimum atomic E-state index is -0.291. The molecule has 1 atom stereocenters. The van der Waals surface area contributed by atoms with E-state index in [1.807, 2.05) is 0 Å². The van der Waals surface area contributed by atoms with Gasteiger partial charge in [-0.1, -0.05) is 11.8 Å². The summed E-state index contributed by atoms with van der Waals surface area (Å²) in [5.74, 6) is 5.45. The van der Waals surface area contributed by atoms with Crippen LogP contribution >= 0.6 is 11.8 Å². The van der Waals surface area contributed by atoms with Crippen molar-refractivity contribution in [1.29, 1.82) is 0 Å². The SMILES string of the molecule is Cc1nc(SC(C)C(=O)NN)n[nH]1. The van der Waals surface area contributed by atoms with Gasteiger partial charge in [-0.2, -0.15) is 0 Å². The van der Waals surface area contributed by atoms with Gasteiger partial charge in [-0.3, -0.25) is 15.3 Å². The number of thioether (sulfide) groups is 1. The molecule has 1 amide bonds. The number of aromatic amines is 1. The summed E-state index contributed by atoms with van der Waals surface area (Å²) in [6.07, 6.45) is 0. The van der Waals surface area contributed by atoms with Gasteiger partial charge in [0.15, 0.2) is 0 Å². The molecule has 0 aromatic carbocycles. The van der Waals surface area contributed by atoms with E-state index in [0.717, 1.165) is 5.82 Å². The molecule has 0 bridgehead atoms. The summed E-state index contributed by atoms with van der Waals surface area (Å²) in [6, 6.07) is 0. The first-order valence-electron chi connectivity index (χ1n) is 3.69. The van der Waals surface area contributed by atoms with Gasteiger partial charge in [0.05, 0.1) is 5.25 Å². The lowest BCUT2D eigenvalue weighted by molar-refractivity contribution is -0.120. The van der Waals surface area contributed by atoms with E-state index in [9.17, 15) is 4.79 Å². The highest BCUT2D eigenvalue weighted by atomic mass is 32.2. The number of rotatable bonds is 3. The Morgan fingerprint density at radius 2 is 2.46 bits per heavy atom. The third-order valence-electron chi connectivity index (χ3n) is 1.37. The zero-order valence-corrected chi connectivity index (χ0v) is 8.18. The maximum Gasteiger partial charge on any atom is 0.247 e. The average Bonchev–Trinajstić information content (AvgIpc) is 2.49. The van der Waals surface area contributed by atoms with Crippen molar-refractivity contribution in [1.82, 2.24) is 20.6 Å². The molecule has 6 nitrogen and oxygen atoms in total. The van der Waals surface area contributed by atoms with Crippen LogP contribution in [-0.2, 0) is 4.79 Å². The second-order valence-corrected chi connectivity index (χ2v) is 3.78. The minimum absolute atomic E-state index is 0.243. The Morgan fingerprint density at radius 3 is 2.92 bits per heavy atom. The zero-order valence-electron chi connectivity index (χ0n) is 7.37. The van der Waals surface area contributed by atoms with Gasteiger partial charge in [0.1, 0.15) is 5.82 Å². The standard InChI is InChI=1S/C6H11N5OS/c1-3(5(12)9-7)13-6-8-4(2)10-11-6/h3H,7H2,1-2H3,(H,9,12)(H,8,10,11). The summed E-state index contributed by atoms with van der Waals surface area (Å²) >= 11 is 1.25. The van der Waals surface area contributed by atoms with Crippen LogP contribution < -0.4 is 11.3 Å². The summed E-state index contributed by atoms with van der Waals surface area (Å²) in [7, 11) is 0. The predicted octanol–water partition coefficient (Wildman–Crippen LogP) is -0.416. The monoisotopic (exact) mass is 201 g/mol. The topological polar surface area (TPSA) is 96.7 Å². The third-order valence-corrected chi connectivity index (χ3v) is 2.33. The first-order valence-corrected chi connectivity index (χ1v) is 4.57. The van der Waals surface area contributed by atoms with Crippen LogP contribution in [0.1, 0.15) is 12.7 Å². The number of aromatic nitrogens is 3. The number of nitrogens with two attached hydrogens (primary N) is 1. The molecule has 1 rings (SSSR count). The van der Waals surface area contributed by atoms with Crippen molar-refractivity contribution in [3.05, 3.63) is 5.82 Å². The second-order valence-electron chi connectivity index (χ2n) is 2.47. The maximum atomic E-state index is 11.0. The summed E-state index contributed by atoms with van der Waals surface area (Å²) in [5, 5.41) is 6.82. The first kappa shape index (κ1) is 10.0. The van der Waals surface area contributed by atoms with Gasteiger partial charge in [-0.25, -0.2) is 10.8 Å². The van der Waals surface area contributed by atoms with Crippen molar-refractivity contribution in [2.24, 2.45) is 5.84 Å². The predicted molar refractivity (Wildman–Crippen MR) is 48.8 cm³/mol. The van der Waals surface area contributed by atoms with E-state index in [1.165, 1.54) is 11.8 Å². The molecule has 13 heavy (non-hydrogen) atoms. The molecule has 1 aromatic heterocycles. The van der Waals surface area contributed by atoms with E-state index in [0.29, 0.717) is 5.16 Å². The Balaban J connectivity index is 2.54. The average molecular weight is 201 g/mol. The number of carbonyl (C=O) groups is 1. The van der Waals surface area contributed by atoms with E-state index in [-0.39, 0.29) is 11.2 Å². The number of carbonyl (C=O) groups excluding carboxylic acids is 1. The second kappa shape index (κ2) is 4.24. The summed E-state index contributed by atoms with van der Waals surface area (Å²) < 4.78 is 0. The Hall–Kier alpha value is -1.08. The number of amides is 1. The van der Waals surface area contributed by atoms with E-state index in [2.05, 4.69) is 20.6 Å². The number of hydrazine groups is 1. The molecule has 0 radical (unpaired) electrons. The molecule has 1 heterocycles. The van der Waals surface area contributed by atoms with Gasteiger partial charge >= 0.3 is 0 Å². The van der Waals surface area contributed by atoms with Crippen molar-refractivity contribution in [2.45, 2.75) is 24.3 Å². The van der Waals surface area contributed by atoms with E-state index in [4.69, 9.17) is 5.84 Å². The first-order chi connectivity index (χ1) is 6.13. The lowest BCUT2D eigenvalue weighted by atomic mass is 10.5. The lowest BCUT2D eigenvalue weighted by Gasteiger charge is -2.04. The van der Waals surface area contributed by atoms with E-state index >= 15 is 0 Å². The zero-order chi connectivity index (χ0) is 9.84. The molecule has 0 saturated carbocycles. The van der Waals surface area contributed by atoms with Crippen LogP contribution in [-0.4, -0.2) is 26.3 Å². The smallest absolute Gasteiger partial charge is 0.247 e. The van der Waals surface area contributed by atoms with Crippen LogP contribution in [0.25, 0.3) is 0 Å². The fourth-order valence-electron chi connectivity index (χ4n) is 0.704. The number of nitrogens with one attached hydrogen (secondary N) is 2. The molecule has 0 fully saturated rings.